The van der Waals surface area contributed by atoms with Gasteiger partial charge in [0.05, 0.1) is 6.04 Å². The van der Waals surface area contributed by atoms with Crippen LogP contribution in [0.1, 0.15) is 24.8 Å². The average molecular weight is 203 g/mol. The summed E-state index contributed by atoms with van der Waals surface area (Å²) in [5, 5.41) is 3.23. The van der Waals surface area contributed by atoms with Gasteiger partial charge in [-0.3, -0.25) is 10.1 Å². The first kappa shape index (κ1) is 8.92. The van der Waals surface area contributed by atoms with E-state index < -0.39 is 0 Å². The Hall–Kier alpha value is -1.35. The number of fused-ring (bicyclic) bond motifs is 3. The third-order valence-electron chi connectivity index (χ3n) is 3.28. The Balaban J connectivity index is 1.91. The molecule has 1 fully saturated rings. The van der Waals surface area contributed by atoms with E-state index in [1.807, 2.05) is 18.2 Å². The average Bonchev–Trinajstić information content (AvgIpc) is 2.73. The van der Waals surface area contributed by atoms with Gasteiger partial charge >= 0.3 is 0 Å². The molecule has 3 rings (SSSR count). The Morgan fingerprint density at radius 3 is 3.07 bits per heavy atom. The highest BCUT2D eigenvalue weighted by Crippen LogP contribution is 2.43. The van der Waals surface area contributed by atoms with E-state index in [1.54, 1.807) is 6.92 Å². The molecule has 2 heterocycles. The molecule has 0 radical (unpaired) electrons. The summed E-state index contributed by atoms with van der Waals surface area (Å²) in [6.07, 6.45) is 0.855. The summed E-state index contributed by atoms with van der Waals surface area (Å²) in [5.41, 5.74) is 1.23. The SMILES string of the molecule is CC(=O)C1CC2c3ccccc3OC2N1. The van der Waals surface area contributed by atoms with Gasteiger partial charge in [-0.1, -0.05) is 18.2 Å². The quantitative estimate of drug-likeness (QED) is 0.750. The largest absolute Gasteiger partial charge is 0.474 e. The summed E-state index contributed by atoms with van der Waals surface area (Å²) < 4.78 is 5.75. The summed E-state index contributed by atoms with van der Waals surface area (Å²) in [6, 6.07) is 8.03. The molecular formula is C12H13NO2. The molecule has 15 heavy (non-hydrogen) atoms. The Morgan fingerprint density at radius 2 is 2.27 bits per heavy atom. The van der Waals surface area contributed by atoms with Crippen molar-refractivity contribution in [3.63, 3.8) is 0 Å². The number of nitrogens with one attached hydrogen (secondary N) is 1. The van der Waals surface area contributed by atoms with Gasteiger partial charge in [-0.15, -0.1) is 0 Å². The molecule has 3 unspecified atom stereocenters. The third-order valence-corrected chi connectivity index (χ3v) is 3.28. The van der Waals surface area contributed by atoms with Crippen LogP contribution in [0.3, 0.4) is 0 Å². The summed E-state index contributed by atoms with van der Waals surface area (Å²) in [7, 11) is 0. The molecule has 1 saturated heterocycles. The molecule has 0 bridgehead atoms. The fraction of sp³-hybridized carbons (Fsp3) is 0.417. The lowest BCUT2D eigenvalue weighted by Gasteiger charge is -2.10. The summed E-state index contributed by atoms with van der Waals surface area (Å²) in [4.78, 5) is 11.3. The maximum Gasteiger partial charge on any atom is 0.157 e. The number of ether oxygens (including phenoxy) is 1. The lowest BCUT2D eigenvalue weighted by molar-refractivity contribution is -0.118. The van der Waals surface area contributed by atoms with Gasteiger partial charge in [-0.25, -0.2) is 0 Å². The topological polar surface area (TPSA) is 38.3 Å². The van der Waals surface area contributed by atoms with Gasteiger partial charge in [-0.05, 0) is 19.4 Å². The predicted octanol–water partition coefficient (Wildman–Crippen LogP) is 1.44. The van der Waals surface area contributed by atoms with Crippen LogP contribution in [0.4, 0.5) is 0 Å². The summed E-state index contributed by atoms with van der Waals surface area (Å²) >= 11 is 0. The van der Waals surface area contributed by atoms with Gasteiger partial charge in [0.25, 0.3) is 0 Å². The monoisotopic (exact) mass is 203 g/mol. The van der Waals surface area contributed by atoms with Gasteiger partial charge in [0.15, 0.2) is 6.23 Å². The van der Waals surface area contributed by atoms with Crippen LogP contribution in [0.2, 0.25) is 0 Å². The molecule has 0 aliphatic carbocycles. The van der Waals surface area contributed by atoms with Crippen molar-refractivity contribution in [2.24, 2.45) is 0 Å². The van der Waals surface area contributed by atoms with Gasteiger partial charge in [-0.2, -0.15) is 0 Å². The van der Waals surface area contributed by atoms with Crippen molar-refractivity contribution in [1.82, 2.24) is 5.32 Å². The molecule has 3 nitrogen and oxygen atoms in total. The van der Waals surface area contributed by atoms with Crippen LogP contribution in [0.15, 0.2) is 24.3 Å². The zero-order chi connectivity index (χ0) is 10.4. The molecular weight excluding hydrogens is 190 g/mol. The zero-order valence-electron chi connectivity index (χ0n) is 8.57. The van der Waals surface area contributed by atoms with Crippen LogP contribution in [-0.4, -0.2) is 18.1 Å². The van der Waals surface area contributed by atoms with Gasteiger partial charge in [0, 0.05) is 11.5 Å². The number of carbonyl (C=O) groups is 1. The number of ketones is 1. The molecule has 2 aliphatic rings. The smallest absolute Gasteiger partial charge is 0.157 e. The summed E-state index contributed by atoms with van der Waals surface area (Å²) in [5.74, 6) is 1.50. The highest BCUT2D eigenvalue weighted by molar-refractivity contribution is 5.82. The fourth-order valence-corrected chi connectivity index (χ4v) is 2.48. The van der Waals surface area contributed by atoms with Crippen molar-refractivity contribution in [2.75, 3.05) is 0 Å². The molecule has 0 saturated carbocycles. The van der Waals surface area contributed by atoms with Gasteiger partial charge in [0.2, 0.25) is 0 Å². The standard InChI is InChI=1S/C12H13NO2/c1-7(14)10-6-9-8-4-2-3-5-11(8)15-12(9)13-10/h2-5,9-10,12-13H,6H2,1H3. The first-order valence-electron chi connectivity index (χ1n) is 5.28. The molecule has 78 valence electrons. The Bertz CT molecular complexity index is 416. The normalized spacial score (nSPS) is 31.9. The van der Waals surface area contributed by atoms with E-state index in [1.165, 1.54) is 5.56 Å². The van der Waals surface area contributed by atoms with Crippen LogP contribution in [-0.2, 0) is 4.79 Å². The minimum Gasteiger partial charge on any atom is -0.474 e. The first-order valence-corrected chi connectivity index (χ1v) is 5.28. The van der Waals surface area contributed by atoms with Gasteiger partial charge < -0.3 is 4.74 Å². The van der Waals surface area contributed by atoms with E-state index in [0.29, 0.717) is 5.92 Å². The van der Waals surface area contributed by atoms with Crippen molar-refractivity contribution >= 4 is 5.78 Å². The number of para-hydroxylation sites is 1. The van der Waals surface area contributed by atoms with Crippen molar-refractivity contribution in [2.45, 2.75) is 31.5 Å². The second kappa shape index (κ2) is 3.07. The lowest BCUT2D eigenvalue weighted by atomic mass is 9.95. The molecule has 0 aromatic heterocycles. The number of hydrogen-bond donors (Lipinski definition) is 1. The molecule has 3 atom stereocenters. The minimum atomic E-state index is -0.0339. The van der Waals surface area contributed by atoms with Crippen molar-refractivity contribution in [3.05, 3.63) is 29.8 Å². The predicted molar refractivity (Wildman–Crippen MR) is 55.8 cm³/mol. The van der Waals surface area contributed by atoms with Gasteiger partial charge in [0.1, 0.15) is 11.5 Å². The zero-order valence-corrected chi connectivity index (χ0v) is 8.57. The Kier molecular flexibility index (Phi) is 1.83. The van der Waals surface area contributed by atoms with Crippen LogP contribution in [0, 0.1) is 0 Å². The Morgan fingerprint density at radius 1 is 1.47 bits per heavy atom. The highest BCUT2D eigenvalue weighted by atomic mass is 16.5. The van der Waals surface area contributed by atoms with E-state index in [0.717, 1.165) is 12.2 Å². The molecule has 0 amide bonds. The maximum atomic E-state index is 11.3. The number of hydrogen-bond acceptors (Lipinski definition) is 3. The number of rotatable bonds is 1. The fourth-order valence-electron chi connectivity index (χ4n) is 2.48. The van der Waals surface area contributed by atoms with E-state index in [9.17, 15) is 4.79 Å². The highest BCUT2D eigenvalue weighted by Gasteiger charge is 2.43. The molecule has 3 heteroatoms. The van der Waals surface area contributed by atoms with Crippen LogP contribution in [0.25, 0.3) is 0 Å². The Labute approximate surface area is 88.4 Å². The number of carbonyl (C=O) groups excluding carboxylic acids is 1. The summed E-state index contributed by atoms with van der Waals surface area (Å²) in [6.45, 7) is 1.63. The number of benzene rings is 1. The van der Waals surface area contributed by atoms with E-state index in [2.05, 4.69) is 11.4 Å². The second-order valence-electron chi connectivity index (χ2n) is 4.25. The minimum absolute atomic E-state index is 0.00343. The maximum absolute atomic E-state index is 11.3. The second-order valence-corrected chi connectivity index (χ2v) is 4.25. The van der Waals surface area contributed by atoms with Crippen molar-refractivity contribution < 1.29 is 9.53 Å². The molecule has 0 spiro atoms. The third kappa shape index (κ3) is 1.27. The molecule has 2 aliphatic heterocycles. The first-order chi connectivity index (χ1) is 7.25. The molecule has 1 N–H and O–H groups in total. The van der Waals surface area contributed by atoms with Crippen molar-refractivity contribution in [1.29, 1.82) is 0 Å². The van der Waals surface area contributed by atoms with E-state index in [4.69, 9.17) is 4.74 Å². The van der Waals surface area contributed by atoms with Crippen LogP contribution < -0.4 is 10.1 Å². The van der Waals surface area contributed by atoms with E-state index in [-0.39, 0.29) is 18.1 Å². The van der Waals surface area contributed by atoms with Crippen LogP contribution in [0.5, 0.6) is 5.75 Å². The lowest BCUT2D eigenvalue weighted by Crippen LogP contribution is -2.36. The number of Topliss-reactive ketones (excluding diaryl/α,β-unsaturated/α-hetero) is 1. The van der Waals surface area contributed by atoms with Crippen molar-refractivity contribution in [3.8, 4) is 5.75 Å². The van der Waals surface area contributed by atoms with E-state index >= 15 is 0 Å². The molecule has 1 aromatic carbocycles. The van der Waals surface area contributed by atoms with Crippen LogP contribution >= 0.6 is 0 Å². The molecule has 1 aromatic rings.